The lowest BCUT2D eigenvalue weighted by atomic mass is 9.90. The number of para-hydroxylation sites is 1. The van der Waals surface area contributed by atoms with E-state index in [-0.39, 0.29) is 17.9 Å². The third kappa shape index (κ3) is 3.27. The van der Waals surface area contributed by atoms with Crippen molar-refractivity contribution in [1.82, 2.24) is 9.88 Å². The van der Waals surface area contributed by atoms with Crippen LogP contribution in [0, 0.1) is 0 Å². The summed E-state index contributed by atoms with van der Waals surface area (Å²) in [6.07, 6.45) is 4.38. The van der Waals surface area contributed by atoms with Gasteiger partial charge in [0.2, 0.25) is 11.8 Å². The Balaban J connectivity index is 1.41. The summed E-state index contributed by atoms with van der Waals surface area (Å²) in [6, 6.07) is 10.5. The first-order chi connectivity index (χ1) is 12.1. The molecule has 1 aromatic heterocycles. The highest BCUT2D eigenvalue weighted by Crippen LogP contribution is 2.29. The zero-order valence-corrected chi connectivity index (χ0v) is 15.5. The molecule has 2 aromatic rings. The molecule has 1 saturated carbocycles. The molecular weight excluding hydrogens is 382 g/mol. The van der Waals surface area contributed by atoms with Crippen molar-refractivity contribution in [3.05, 3.63) is 34.8 Å². The fourth-order valence-corrected chi connectivity index (χ4v) is 4.35. The monoisotopic (exact) mass is 401 g/mol. The van der Waals surface area contributed by atoms with Crippen LogP contribution >= 0.6 is 15.9 Å². The molecule has 4 rings (SSSR count). The summed E-state index contributed by atoms with van der Waals surface area (Å²) in [7, 11) is 0. The third-order valence-electron chi connectivity index (χ3n) is 5.17. The second-order valence-electron chi connectivity index (χ2n) is 6.82. The summed E-state index contributed by atoms with van der Waals surface area (Å²) in [5, 5.41) is 4.62. The summed E-state index contributed by atoms with van der Waals surface area (Å²) < 4.78 is 0.989. The molecule has 2 amide bonds. The number of carbonyl (C=O) groups is 2. The van der Waals surface area contributed by atoms with Gasteiger partial charge in [0.15, 0.2) is 0 Å². The van der Waals surface area contributed by atoms with Crippen LogP contribution in [0.5, 0.6) is 0 Å². The third-order valence-corrected chi connectivity index (χ3v) is 5.81. The van der Waals surface area contributed by atoms with Gasteiger partial charge in [-0.1, -0.05) is 12.1 Å². The molecule has 0 unspecified atom stereocenters. The van der Waals surface area contributed by atoms with Crippen molar-refractivity contribution in [2.45, 2.75) is 50.6 Å². The van der Waals surface area contributed by atoms with Crippen LogP contribution < -0.4 is 5.32 Å². The molecule has 1 aromatic carbocycles. The summed E-state index contributed by atoms with van der Waals surface area (Å²) >= 11 is 3.55. The number of carbonyl (C=O) groups excluding carboxylic acids is 2. The second-order valence-corrected chi connectivity index (χ2v) is 7.67. The molecule has 25 heavy (non-hydrogen) atoms. The van der Waals surface area contributed by atoms with E-state index < -0.39 is 0 Å². The quantitative estimate of drug-likeness (QED) is 0.792. The van der Waals surface area contributed by atoms with Gasteiger partial charge in [-0.2, -0.15) is 0 Å². The number of benzene rings is 1. The number of nitrogens with zero attached hydrogens (tertiary/aromatic N) is 2. The first kappa shape index (κ1) is 16.5. The van der Waals surface area contributed by atoms with Crippen molar-refractivity contribution in [2.24, 2.45) is 0 Å². The molecule has 0 radical (unpaired) electrons. The predicted molar refractivity (Wildman–Crippen MR) is 100 cm³/mol. The minimum atomic E-state index is 0.00227. The molecule has 5 nitrogen and oxygen atoms in total. The fourth-order valence-electron chi connectivity index (χ4n) is 3.88. The molecule has 0 atom stereocenters. The normalized spacial score (nSPS) is 24.1. The number of amides is 2. The van der Waals surface area contributed by atoms with Crippen LogP contribution in [-0.4, -0.2) is 33.8 Å². The summed E-state index contributed by atoms with van der Waals surface area (Å²) in [5.74, 6) is 0.876. The maximum atomic E-state index is 11.9. The number of rotatable bonds is 3. The lowest BCUT2D eigenvalue weighted by molar-refractivity contribution is -0.141. The van der Waals surface area contributed by atoms with Crippen LogP contribution in [0.2, 0.25) is 0 Å². The number of pyridine rings is 1. The average molecular weight is 402 g/mol. The molecule has 1 N–H and O–H groups in total. The maximum absolute atomic E-state index is 11.9. The van der Waals surface area contributed by atoms with Crippen molar-refractivity contribution in [1.29, 1.82) is 0 Å². The average Bonchev–Trinajstić information content (AvgIpc) is 2.95. The number of hydrogen-bond acceptors (Lipinski definition) is 4. The minimum Gasteiger partial charge on any atom is -0.367 e. The van der Waals surface area contributed by atoms with E-state index in [1.165, 1.54) is 4.90 Å². The number of halogens is 1. The second kappa shape index (κ2) is 6.75. The molecule has 2 heterocycles. The molecular formula is C19H20BrN3O2. The van der Waals surface area contributed by atoms with Gasteiger partial charge < -0.3 is 5.32 Å². The van der Waals surface area contributed by atoms with Crippen LogP contribution in [0.1, 0.15) is 38.5 Å². The number of aromatic nitrogens is 1. The standard InChI is InChI=1S/C19H20BrN3O2/c20-15-3-1-2-12-4-9-16(22-19(12)15)21-13-5-7-14(8-6-13)23-17(24)10-11-18(23)25/h1-4,9,13-14H,5-8,10-11H2,(H,21,22). The first-order valence-corrected chi connectivity index (χ1v) is 9.58. The SMILES string of the molecule is O=C1CCC(=O)N1C1CCC(Nc2ccc3cccc(Br)c3n2)CC1. The van der Waals surface area contributed by atoms with Crippen molar-refractivity contribution in [3.63, 3.8) is 0 Å². The fraction of sp³-hybridized carbons (Fsp3) is 0.421. The van der Waals surface area contributed by atoms with E-state index in [9.17, 15) is 9.59 Å². The summed E-state index contributed by atoms with van der Waals surface area (Å²) in [6.45, 7) is 0. The highest BCUT2D eigenvalue weighted by Gasteiger charge is 2.36. The van der Waals surface area contributed by atoms with Gasteiger partial charge in [0, 0.05) is 34.8 Å². The zero-order valence-electron chi connectivity index (χ0n) is 13.9. The molecule has 0 spiro atoms. The lowest BCUT2D eigenvalue weighted by Crippen LogP contribution is -2.43. The number of fused-ring (bicyclic) bond motifs is 1. The van der Waals surface area contributed by atoms with E-state index in [1.807, 2.05) is 24.3 Å². The van der Waals surface area contributed by atoms with Gasteiger partial charge in [-0.05, 0) is 59.8 Å². The number of nitrogens with one attached hydrogen (secondary N) is 1. The Kier molecular flexibility index (Phi) is 4.46. The molecule has 1 aliphatic carbocycles. The Labute approximate surface area is 154 Å². The molecule has 2 aliphatic rings. The molecule has 130 valence electrons. The first-order valence-electron chi connectivity index (χ1n) is 8.78. The molecule has 1 saturated heterocycles. The van der Waals surface area contributed by atoms with Crippen LogP contribution in [-0.2, 0) is 9.59 Å². The number of likely N-dealkylation sites (tertiary alicyclic amines) is 1. The topological polar surface area (TPSA) is 62.3 Å². The Bertz CT molecular complexity index is 815. The van der Waals surface area contributed by atoms with E-state index in [2.05, 4.69) is 27.3 Å². The van der Waals surface area contributed by atoms with Gasteiger partial charge >= 0.3 is 0 Å². The van der Waals surface area contributed by atoms with E-state index in [1.54, 1.807) is 0 Å². The predicted octanol–water partition coefficient (Wildman–Crippen LogP) is 3.87. The van der Waals surface area contributed by atoms with E-state index in [4.69, 9.17) is 4.98 Å². The smallest absolute Gasteiger partial charge is 0.229 e. The Morgan fingerprint density at radius 2 is 1.72 bits per heavy atom. The minimum absolute atomic E-state index is 0.00227. The van der Waals surface area contributed by atoms with Gasteiger partial charge in [0.05, 0.1) is 5.52 Å². The van der Waals surface area contributed by atoms with Crippen molar-refractivity contribution in [2.75, 3.05) is 5.32 Å². The Morgan fingerprint density at radius 3 is 2.44 bits per heavy atom. The lowest BCUT2D eigenvalue weighted by Gasteiger charge is -2.34. The molecule has 2 fully saturated rings. The van der Waals surface area contributed by atoms with E-state index in [0.717, 1.165) is 46.9 Å². The number of hydrogen-bond donors (Lipinski definition) is 1. The van der Waals surface area contributed by atoms with Gasteiger partial charge in [-0.15, -0.1) is 0 Å². The highest BCUT2D eigenvalue weighted by molar-refractivity contribution is 9.10. The van der Waals surface area contributed by atoms with Gasteiger partial charge in [-0.25, -0.2) is 4.98 Å². The molecule has 6 heteroatoms. The highest BCUT2D eigenvalue weighted by atomic mass is 79.9. The van der Waals surface area contributed by atoms with Crippen LogP contribution in [0.3, 0.4) is 0 Å². The summed E-state index contributed by atoms with van der Waals surface area (Å²) in [5.41, 5.74) is 0.953. The van der Waals surface area contributed by atoms with Gasteiger partial charge in [0.1, 0.15) is 5.82 Å². The van der Waals surface area contributed by atoms with E-state index in [0.29, 0.717) is 18.9 Å². The Morgan fingerprint density at radius 1 is 1.00 bits per heavy atom. The van der Waals surface area contributed by atoms with Crippen molar-refractivity contribution >= 4 is 44.5 Å². The number of imide groups is 1. The maximum Gasteiger partial charge on any atom is 0.229 e. The van der Waals surface area contributed by atoms with Gasteiger partial charge in [0.25, 0.3) is 0 Å². The summed E-state index contributed by atoms with van der Waals surface area (Å²) in [4.78, 5) is 30.0. The zero-order chi connectivity index (χ0) is 17.4. The molecule has 1 aliphatic heterocycles. The van der Waals surface area contributed by atoms with E-state index >= 15 is 0 Å². The largest absolute Gasteiger partial charge is 0.367 e. The van der Waals surface area contributed by atoms with Crippen LogP contribution in [0.25, 0.3) is 10.9 Å². The van der Waals surface area contributed by atoms with Crippen molar-refractivity contribution in [3.8, 4) is 0 Å². The van der Waals surface area contributed by atoms with Crippen LogP contribution in [0.15, 0.2) is 34.8 Å². The van der Waals surface area contributed by atoms with Crippen LogP contribution in [0.4, 0.5) is 5.82 Å². The Hall–Kier alpha value is -1.95. The molecule has 0 bridgehead atoms. The van der Waals surface area contributed by atoms with Gasteiger partial charge in [-0.3, -0.25) is 14.5 Å². The number of anilines is 1. The van der Waals surface area contributed by atoms with Crippen molar-refractivity contribution < 1.29 is 9.59 Å².